The fourth-order valence-electron chi connectivity index (χ4n) is 1.93. The number of aliphatic hydroxyl groups excluding tert-OH is 1. The number of anilines is 1. The normalized spacial score (nSPS) is 12.1. The average Bonchev–Trinajstić information content (AvgIpc) is 2.79. The second kappa shape index (κ2) is 6.15. The Labute approximate surface area is 124 Å². The lowest BCUT2D eigenvalue weighted by atomic mass is 10.4. The minimum absolute atomic E-state index is 0.0805. The van der Waals surface area contributed by atoms with Gasteiger partial charge in [0.1, 0.15) is 0 Å². The van der Waals surface area contributed by atoms with E-state index in [2.05, 4.69) is 15.3 Å². The summed E-state index contributed by atoms with van der Waals surface area (Å²) in [4.78, 5) is 30.2. The summed E-state index contributed by atoms with van der Waals surface area (Å²) in [6.45, 7) is 2.24. The van der Waals surface area contributed by atoms with Crippen molar-refractivity contribution in [3.63, 3.8) is 0 Å². The van der Waals surface area contributed by atoms with Crippen LogP contribution in [0.2, 0.25) is 0 Å². The van der Waals surface area contributed by atoms with Gasteiger partial charge >= 0.3 is 5.69 Å². The zero-order valence-electron chi connectivity index (χ0n) is 11.7. The van der Waals surface area contributed by atoms with Crippen molar-refractivity contribution in [2.24, 2.45) is 7.05 Å². The van der Waals surface area contributed by atoms with Gasteiger partial charge in [0.05, 0.1) is 6.61 Å². The highest BCUT2D eigenvalue weighted by atomic mass is 35.5. The van der Waals surface area contributed by atoms with Crippen LogP contribution >= 0.6 is 11.6 Å². The number of hydrogen-bond acceptors (Lipinski definition) is 5. The number of allylic oxidation sites excluding steroid dienone is 2. The van der Waals surface area contributed by atoms with Crippen molar-refractivity contribution >= 4 is 28.7 Å². The van der Waals surface area contributed by atoms with E-state index in [1.807, 2.05) is 0 Å². The maximum Gasteiger partial charge on any atom is 0.329 e. The molecule has 0 atom stereocenters. The van der Waals surface area contributed by atoms with E-state index in [9.17, 15) is 9.59 Å². The Morgan fingerprint density at radius 1 is 1.52 bits per heavy atom. The van der Waals surface area contributed by atoms with E-state index in [0.717, 1.165) is 0 Å². The maximum atomic E-state index is 12.0. The lowest BCUT2D eigenvalue weighted by Gasteiger charge is -2.07. The number of rotatable bonds is 5. The zero-order valence-corrected chi connectivity index (χ0v) is 12.4. The van der Waals surface area contributed by atoms with E-state index in [0.29, 0.717) is 17.5 Å². The number of fused-ring (bicyclic) bond motifs is 1. The van der Waals surface area contributed by atoms with Gasteiger partial charge in [-0.2, -0.15) is 4.98 Å². The third-order valence-corrected chi connectivity index (χ3v) is 3.11. The number of aryl methyl sites for hydroxylation is 1. The van der Waals surface area contributed by atoms with Crippen LogP contribution in [0.1, 0.15) is 6.92 Å². The van der Waals surface area contributed by atoms with Gasteiger partial charge in [-0.05, 0) is 6.92 Å². The summed E-state index contributed by atoms with van der Waals surface area (Å²) in [7, 11) is 1.52. The maximum absolute atomic E-state index is 12.0. The van der Waals surface area contributed by atoms with Gasteiger partial charge < -0.3 is 15.0 Å². The van der Waals surface area contributed by atoms with Gasteiger partial charge in [0.15, 0.2) is 11.2 Å². The molecule has 2 aromatic heterocycles. The lowest BCUT2D eigenvalue weighted by molar-refractivity contribution is 0.310. The Morgan fingerprint density at radius 2 is 2.24 bits per heavy atom. The van der Waals surface area contributed by atoms with Crippen molar-refractivity contribution in [2.75, 3.05) is 18.5 Å². The summed E-state index contributed by atoms with van der Waals surface area (Å²) >= 11 is 5.82. The van der Waals surface area contributed by atoms with E-state index < -0.39 is 11.2 Å². The van der Waals surface area contributed by atoms with Crippen molar-refractivity contribution in [1.29, 1.82) is 0 Å². The van der Waals surface area contributed by atoms with Crippen LogP contribution in [0.3, 0.4) is 0 Å². The van der Waals surface area contributed by atoms with Crippen molar-refractivity contribution in [2.45, 2.75) is 13.5 Å². The van der Waals surface area contributed by atoms with Crippen LogP contribution < -0.4 is 16.6 Å². The van der Waals surface area contributed by atoms with Crippen LogP contribution in [0.5, 0.6) is 0 Å². The molecule has 0 unspecified atom stereocenters. The number of hydrogen-bond donors (Lipinski definition) is 3. The molecule has 0 amide bonds. The summed E-state index contributed by atoms with van der Waals surface area (Å²) in [6.07, 6.45) is 1.72. The second-order valence-electron chi connectivity index (χ2n) is 4.48. The molecule has 0 bridgehead atoms. The molecule has 0 spiro atoms. The molecule has 0 aliphatic carbocycles. The first-order valence-electron chi connectivity index (χ1n) is 6.32. The first-order chi connectivity index (χ1) is 9.95. The molecule has 0 saturated carbocycles. The van der Waals surface area contributed by atoms with Gasteiger partial charge in [-0.25, -0.2) is 4.79 Å². The average molecular weight is 314 g/mol. The SMILES string of the molecule is CC(Cl)=CCn1c(NCCO)nc2c1c(=O)[nH]c(=O)n2C. The zero-order chi connectivity index (χ0) is 15.6. The van der Waals surface area contributed by atoms with Gasteiger partial charge in [0, 0.05) is 25.2 Å². The molecule has 9 heteroatoms. The molecule has 114 valence electrons. The fourth-order valence-corrected chi connectivity index (χ4v) is 2.00. The van der Waals surface area contributed by atoms with Crippen LogP contribution in [0.25, 0.3) is 11.2 Å². The minimum Gasteiger partial charge on any atom is -0.395 e. The highest BCUT2D eigenvalue weighted by Gasteiger charge is 2.16. The van der Waals surface area contributed by atoms with Gasteiger partial charge in [-0.1, -0.05) is 17.7 Å². The first-order valence-corrected chi connectivity index (χ1v) is 6.70. The number of aliphatic hydroxyl groups is 1. The quantitative estimate of drug-likeness (QED) is 0.719. The van der Waals surface area contributed by atoms with Gasteiger partial charge in [-0.15, -0.1) is 0 Å². The molecule has 2 rings (SSSR count). The largest absolute Gasteiger partial charge is 0.395 e. The van der Waals surface area contributed by atoms with E-state index in [1.165, 1.54) is 11.6 Å². The predicted molar refractivity (Wildman–Crippen MR) is 80.8 cm³/mol. The molecule has 21 heavy (non-hydrogen) atoms. The fraction of sp³-hybridized carbons (Fsp3) is 0.417. The van der Waals surface area contributed by atoms with Crippen molar-refractivity contribution in [3.05, 3.63) is 31.9 Å². The van der Waals surface area contributed by atoms with E-state index in [1.54, 1.807) is 17.6 Å². The molecule has 2 heterocycles. The Bertz CT molecular complexity index is 798. The third-order valence-electron chi connectivity index (χ3n) is 2.96. The van der Waals surface area contributed by atoms with Crippen molar-refractivity contribution < 1.29 is 5.11 Å². The molecule has 0 aliphatic heterocycles. The highest BCUT2D eigenvalue weighted by molar-refractivity contribution is 6.29. The van der Waals surface area contributed by atoms with Crippen LogP contribution in [0.15, 0.2) is 20.7 Å². The Hall–Kier alpha value is -2.06. The number of halogens is 1. The molecular formula is C12H16ClN5O3. The number of aromatic nitrogens is 4. The summed E-state index contributed by atoms with van der Waals surface area (Å²) < 4.78 is 2.86. The minimum atomic E-state index is -0.532. The Morgan fingerprint density at radius 3 is 2.86 bits per heavy atom. The molecule has 0 fully saturated rings. The van der Waals surface area contributed by atoms with Gasteiger partial charge in [0.25, 0.3) is 5.56 Å². The monoisotopic (exact) mass is 313 g/mol. The first kappa shape index (κ1) is 15.3. The van der Waals surface area contributed by atoms with Crippen molar-refractivity contribution in [3.8, 4) is 0 Å². The van der Waals surface area contributed by atoms with Crippen LogP contribution in [0, 0.1) is 0 Å². The molecule has 0 aliphatic rings. The smallest absolute Gasteiger partial charge is 0.329 e. The Kier molecular flexibility index (Phi) is 4.49. The van der Waals surface area contributed by atoms with E-state index in [-0.39, 0.29) is 24.3 Å². The van der Waals surface area contributed by atoms with Crippen molar-refractivity contribution in [1.82, 2.24) is 19.1 Å². The van der Waals surface area contributed by atoms with Crippen LogP contribution in [-0.4, -0.2) is 37.4 Å². The highest BCUT2D eigenvalue weighted by Crippen LogP contribution is 2.15. The number of imidazole rings is 1. The number of nitrogens with zero attached hydrogens (tertiary/aromatic N) is 3. The summed E-state index contributed by atoms with van der Waals surface area (Å²) in [5.41, 5.74) is -0.510. The van der Waals surface area contributed by atoms with E-state index in [4.69, 9.17) is 16.7 Å². The van der Waals surface area contributed by atoms with Crippen LogP contribution in [-0.2, 0) is 13.6 Å². The Balaban J connectivity index is 2.70. The molecule has 8 nitrogen and oxygen atoms in total. The predicted octanol–water partition coefficient (Wildman–Crippen LogP) is -0.0299. The molecule has 0 saturated heterocycles. The molecule has 0 aromatic carbocycles. The standard InChI is InChI=1S/C12H16ClN5O3/c1-7(13)3-5-18-8-9(15-11(18)14-4-6-19)17(2)12(21)16-10(8)20/h3,19H,4-6H2,1-2H3,(H,14,15)(H,16,20,21). The lowest BCUT2D eigenvalue weighted by Crippen LogP contribution is -2.29. The number of nitrogens with one attached hydrogen (secondary N) is 2. The molecule has 3 N–H and O–H groups in total. The van der Waals surface area contributed by atoms with Crippen LogP contribution in [0.4, 0.5) is 5.95 Å². The molecular weight excluding hydrogens is 298 g/mol. The summed E-state index contributed by atoms with van der Waals surface area (Å²) in [5.74, 6) is 0.389. The summed E-state index contributed by atoms with van der Waals surface area (Å²) in [6, 6.07) is 0. The number of H-pyrrole nitrogens is 1. The van der Waals surface area contributed by atoms with Gasteiger partial charge in [-0.3, -0.25) is 14.3 Å². The topological polar surface area (TPSA) is 105 Å². The number of aromatic amines is 1. The molecule has 2 aromatic rings. The van der Waals surface area contributed by atoms with E-state index >= 15 is 0 Å². The summed E-state index contributed by atoms with van der Waals surface area (Å²) in [5, 5.41) is 12.4. The third kappa shape index (κ3) is 3.01. The molecule has 0 radical (unpaired) electrons. The van der Waals surface area contributed by atoms with Gasteiger partial charge in [0.2, 0.25) is 5.95 Å². The second-order valence-corrected chi connectivity index (χ2v) is 5.07.